The van der Waals surface area contributed by atoms with Crippen LogP contribution in [0.4, 0.5) is 0 Å². The van der Waals surface area contributed by atoms with Crippen LogP contribution in [0.15, 0.2) is 67.0 Å². The summed E-state index contributed by atoms with van der Waals surface area (Å²) in [5.41, 5.74) is -4.24. The first kappa shape index (κ1) is 18.6. The smallest absolute Gasteiger partial charge is 0.286 e. The standard InChI is InChI=1S/C28H23Cl2N5O3S/c1-19-26(28(36)33-34-13-15-39(37,38)16-14-34)32-27(24-11-8-22(29)17-25(24)30)35(19)23-9-6-20(7-10-23)4-5-21-3-2-12-31-18-21/h2-3,6-12,17-18H,13-16H2,1H3,(H,33,36)/i13D2,14D2,15D2,16D2. The summed E-state index contributed by atoms with van der Waals surface area (Å²) < 4.78 is 91.4. The number of nitrogens with one attached hydrogen (secondary N) is 1. The van der Waals surface area contributed by atoms with Gasteiger partial charge in [-0.2, -0.15) is 0 Å². The summed E-state index contributed by atoms with van der Waals surface area (Å²) in [5, 5.41) is 0.174. The number of hydrogen-bond acceptors (Lipinski definition) is 6. The van der Waals surface area contributed by atoms with Crippen LogP contribution < -0.4 is 5.43 Å². The third-order valence-corrected chi connectivity index (χ3v) is 6.70. The van der Waals surface area contributed by atoms with Gasteiger partial charge in [0, 0.05) is 63.8 Å². The molecule has 1 fully saturated rings. The molecule has 1 aliphatic heterocycles. The number of halogens is 2. The minimum absolute atomic E-state index is 0.112. The van der Waals surface area contributed by atoms with Gasteiger partial charge >= 0.3 is 0 Å². The summed E-state index contributed by atoms with van der Waals surface area (Å²) in [5.74, 6) is 4.85. The second-order valence-electron chi connectivity index (χ2n) is 8.08. The molecule has 1 N–H and O–H groups in total. The normalized spacial score (nSPS) is 23.1. The number of benzene rings is 2. The van der Waals surface area contributed by atoms with Gasteiger partial charge < -0.3 is 0 Å². The average molecular weight is 589 g/mol. The number of pyridine rings is 1. The number of carbonyl (C=O) groups is 1. The monoisotopic (exact) mass is 587 g/mol. The van der Waals surface area contributed by atoms with E-state index >= 15 is 0 Å². The molecule has 0 radical (unpaired) electrons. The molecule has 1 aliphatic rings. The number of amides is 1. The van der Waals surface area contributed by atoms with E-state index in [-0.39, 0.29) is 21.5 Å². The molecule has 0 unspecified atom stereocenters. The zero-order chi connectivity index (χ0) is 34.7. The lowest BCUT2D eigenvalue weighted by molar-refractivity contribution is 0.0796. The largest absolute Gasteiger partial charge is 0.296 e. The Labute approximate surface area is 247 Å². The molecule has 0 aliphatic carbocycles. The maximum absolute atomic E-state index is 13.7. The van der Waals surface area contributed by atoms with Crippen molar-refractivity contribution in [3.8, 4) is 28.9 Å². The summed E-state index contributed by atoms with van der Waals surface area (Å²) in [7, 11) is -5.74. The van der Waals surface area contributed by atoms with E-state index in [0.717, 1.165) is 0 Å². The van der Waals surface area contributed by atoms with Crippen molar-refractivity contribution in [2.75, 3.05) is 24.4 Å². The van der Waals surface area contributed by atoms with Crippen molar-refractivity contribution in [3.05, 3.63) is 99.6 Å². The van der Waals surface area contributed by atoms with Crippen molar-refractivity contribution in [1.82, 2.24) is 25.0 Å². The first-order chi connectivity index (χ1) is 21.8. The van der Waals surface area contributed by atoms with Gasteiger partial charge in [0.25, 0.3) is 5.91 Å². The van der Waals surface area contributed by atoms with Crippen LogP contribution in [-0.4, -0.2) is 58.3 Å². The Morgan fingerprint density at radius 3 is 2.44 bits per heavy atom. The van der Waals surface area contributed by atoms with Crippen molar-refractivity contribution < 1.29 is 24.2 Å². The molecule has 5 rings (SSSR count). The summed E-state index contributed by atoms with van der Waals surface area (Å²) in [6.45, 7) is -6.07. The van der Waals surface area contributed by atoms with Crippen molar-refractivity contribution in [2.24, 2.45) is 0 Å². The topological polar surface area (TPSA) is 97.2 Å². The van der Waals surface area contributed by atoms with Crippen LogP contribution in [0.3, 0.4) is 0 Å². The van der Waals surface area contributed by atoms with Gasteiger partial charge in [0.15, 0.2) is 15.5 Å². The molecule has 1 amide bonds. The second kappa shape index (κ2) is 11.2. The van der Waals surface area contributed by atoms with Crippen LogP contribution in [0.1, 0.15) is 38.3 Å². The highest BCUT2D eigenvalue weighted by atomic mass is 35.5. The number of rotatable bonds is 4. The minimum Gasteiger partial charge on any atom is -0.296 e. The van der Waals surface area contributed by atoms with Gasteiger partial charge in [0.1, 0.15) is 5.82 Å². The molecule has 8 nitrogen and oxygen atoms in total. The van der Waals surface area contributed by atoms with E-state index in [9.17, 15) is 13.2 Å². The van der Waals surface area contributed by atoms with E-state index in [1.807, 2.05) is 5.43 Å². The van der Waals surface area contributed by atoms with E-state index in [1.165, 1.54) is 23.6 Å². The van der Waals surface area contributed by atoms with Gasteiger partial charge in [-0.1, -0.05) is 35.0 Å². The predicted molar refractivity (Wildman–Crippen MR) is 152 cm³/mol. The third kappa shape index (κ3) is 6.15. The first-order valence-corrected chi connectivity index (χ1v) is 13.4. The van der Waals surface area contributed by atoms with E-state index in [2.05, 4.69) is 21.8 Å². The number of hydrogen-bond donors (Lipinski definition) is 1. The Kier molecular flexibility index (Phi) is 5.34. The molecule has 2 aromatic carbocycles. The van der Waals surface area contributed by atoms with E-state index in [4.69, 9.17) is 34.2 Å². The molecule has 198 valence electrons. The SMILES string of the molecule is [2H]C1([2H])N(NC(=O)c2nc(-c3ccc(Cl)cc3Cl)n(-c3ccc(C#Cc4cccnc4)cc3)c2C)C([2H])([2H])C([2H])([2H])S(=O)(=O)C1([2H])[2H]. The minimum atomic E-state index is -5.74. The Morgan fingerprint density at radius 2 is 1.77 bits per heavy atom. The lowest BCUT2D eigenvalue weighted by atomic mass is 10.1. The maximum Gasteiger partial charge on any atom is 0.286 e. The van der Waals surface area contributed by atoms with E-state index in [1.54, 1.807) is 54.9 Å². The molecular weight excluding hydrogens is 557 g/mol. The summed E-state index contributed by atoms with van der Waals surface area (Å²) in [6, 6.07) is 14.9. The van der Waals surface area contributed by atoms with Crippen LogP contribution in [0, 0.1) is 18.8 Å². The molecule has 11 heteroatoms. The predicted octanol–water partition coefficient (Wildman–Crippen LogP) is 4.32. The molecule has 0 spiro atoms. The molecular formula is C28H23Cl2N5O3S. The Bertz CT molecular complexity index is 2030. The third-order valence-electron chi connectivity index (χ3n) is 5.43. The highest BCUT2D eigenvalue weighted by Crippen LogP contribution is 2.33. The van der Waals surface area contributed by atoms with Crippen LogP contribution in [0.2, 0.25) is 10.0 Å². The van der Waals surface area contributed by atoms with Crippen molar-refractivity contribution in [1.29, 1.82) is 0 Å². The summed E-state index contributed by atoms with van der Waals surface area (Å²) in [4.78, 5) is 22.1. The number of nitrogens with zero attached hydrogens (tertiary/aromatic N) is 4. The highest BCUT2D eigenvalue weighted by molar-refractivity contribution is 7.91. The number of aromatic nitrogens is 3. The fourth-order valence-corrected chi connectivity index (χ4v) is 4.60. The Hall–Kier alpha value is -3.68. The quantitative estimate of drug-likeness (QED) is 0.357. The number of carbonyl (C=O) groups excluding carboxylic acids is 1. The van der Waals surface area contributed by atoms with Gasteiger partial charge in [-0.25, -0.2) is 18.4 Å². The van der Waals surface area contributed by atoms with Crippen molar-refractivity contribution >= 4 is 38.9 Å². The Morgan fingerprint density at radius 1 is 1.05 bits per heavy atom. The lowest BCUT2D eigenvalue weighted by Crippen LogP contribution is -2.50. The van der Waals surface area contributed by atoms with Gasteiger partial charge in [-0.05, 0) is 61.5 Å². The van der Waals surface area contributed by atoms with E-state index in [0.29, 0.717) is 27.4 Å². The lowest BCUT2D eigenvalue weighted by Gasteiger charge is -2.26. The molecule has 0 bridgehead atoms. The highest BCUT2D eigenvalue weighted by Gasteiger charge is 2.27. The van der Waals surface area contributed by atoms with Crippen molar-refractivity contribution in [2.45, 2.75) is 6.92 Å². The van der Waals surface area contributed by atoms with Crippen LogP contribution in [-0.2, 0) is 9.84 Å². The fourth-order valence-electron chi connectivity index (χ4n) is 3.63. The van der Waals surface area contributed by atoms with E-state index < -0.39 is 45.8 Å². The average Bonchev–Trinajstić information content (AvgIpc) is 3.34. The fraction of sp³-hybridized carbons (Fsp3) is 0.179. The first-order valence-electron chi connectivity index (χ1n) is 15.2. The molecule has 2 aromatic heterocycles. The zero-order valence-electron chi connectivity index (χ0n) is 28.0. The van der Waals surface area contributed by atoms with Gasteiger partial charge in [-0.3, -0.25) is 19.8 Å². The maximum atomic E-state index is 13.7. The second-order valence-corrected chi connectivity index (χ2v) is 10.3. The van der Waals surface area contributed by atoms with Gasteiger partial charge in [0.05, 0.1) is 22.1 Å². The number of sulfone groups is 1. The molecule has 3 heterocycles. The Balaban J connectivity index is 1.60. The molecule has 4 aromatic rings. The van der Waals surface area contributed by atoms with Crippen LogP contribution >= 0.6 is 23.2 Å². The summed E-state index contributed by atoms with van der Waals surface area (Å²) in [6.07, 6.45) is 3.25. The van der Waals surface area contributed by atoms with Crippen LogP contribution in [0.5, 0.6) is 0 Å². The zero-order valence-corrected chi connectivity index (χ0v) is 22.4. The number of hydrazine groups is 1. The molecule has 1 saturated heterocycles. The van der Waals surface area contributed by atoms with Gasteiger partial charge in [-0.15, -0.1) is 0 Å². The molecule has 0 saturated carbocycles. The molecule has 39 heavy (non-hydrogen) atoms. The molecule has 0 atom stereocenters. The summed E-state index contributed by atoms with van der Waals surface area (Å²) >= 11 is 12.6. The van der Waals surface area contributed by atoms with Crippen LogP contribution in [0.25, 0.3) is 17.1 Å². The van der Waals surface area contributed by atoms with Gasteiger partial charge in [0.2, 0.25) is 0 Å². The van der Waals surface area contributed by atoms with Crippen molar-refractivity contribution in [3.63, 3.8) is 0 Å². The number of imidazole rings is 1.